The molecule has 2 aliphatic heterocycles. The number of aliphatic hydroxyl groups excluding tert-OH is 1. The van der Waals surface area contributed by atoms with Crippen molar-refractivity contribution < 1.29 is 24.1 Å². The molecule has 2 rings (SSSR count). The van der Waals surface area contributed by atoms with E-state index in [0.29, 0.717) is 13.1 Å². The van der Waals surface area contributed by atoms with Crippen molar-refractivity contribution in [2.24, 2.45) is 0 Å². The predicted molar refractivity (Wildman–Crippen MR) is 59.5 cm³/mol. The second-order valence-corrected chi connectivity index (χ2v) is 4.77. The average Bonchev–Trinajstić information content (AvgIpc) is 2.73. The first-order valence-corrected chi connectivity index (χ1v) is 5.93. The zero-order chi connectivity index (χ0) is 12.5. The van der Waals surface area contributed by atoms with Crippen LogP contribution in [-0.2, 0) is 18.9 Å². The smallest absolute Gasteiger partial charge is 0.186 e. The maximum atomic E-state index is 8.72. The summed E-state index contributed by atoms with van der Waals surface area (Å²) in [4.78, 5) is 0. The van der Waals surface area contributed by atoms with Crippen molar-refractivity contribution in [3.63, 3.8) is 0 Å². The largest absolute Gasteiger partial charge is 0.395 e. The summed E-state index contributed by atoms with van der Waals surface area (Å²) in [6.07, 6.45) is -0.807. The minimum atomic E-state index is -0.592. The van der Waals surface area contributed by atoms with E-state index in [2.05, 4.69) is 5.32 Å². The summed E-state index contributed by atoms with van der Waals surface area (Å²) < 4.78 is 22.5. The van der Waals surface area contributed by atoms with Gasteiger partial charge in [0, 0.05) is 20.2 Å². The molecule has 2 saturated heterocycles. The van der Waals surface area contributed by atoms with E-state index in [1.54, 1.807) is 7.11 Å². The van der Waals surface area contributed by atoms with Gasteiger partial charge in [0.05, 0.1) is 6.61 Å². The van der Waals surface area contributed by atoms with Gasteiger partial charge < -0.3 is 29.4 Å². The van der Waals surface area contributed by atoms with Crippen LogP contribution in [0.4, 0.5) is 0 Å². The van der Waals surface area contributed by atoms with Crippen molar-refractivity contribution in [1.82, 2.24) is 5.32 Å². The van der Waals surface area contributed by atoms with E-state index in [-0.39, 0.29) is 31.2 Å². The SMILES string of the molecule is CO[C@@H]1O[C@H](CNCCO)[C@H]2OC(C)(C)O[C@@H]12. The quantitative estimate of drug-likeness (QED) is 0.636. The molecule has 2 fully saturated rings. The highest BCUT2D eigenvalue weighted by atomic mass is 16.8. The number of hydrogen-bond acceptors (Lipinski definition) is 6. The molecule has 0 aromatic rings. The van der Waals surface area contributed by atoms with E-state index in [4.69, 9.17) is 24.1 Å². The van der Waals surface area contributed by atoms with Gasteiger partial charge in [-0.15, -0.1) is 0 Å². The first-order chi connectivity index (χ1) is 8.07. The van der Waals surface area contributed by atoms with Crippen LogP contribution in [0.5, 0.6) is 0 Å². The maximum Gasteiger partial charge on any atom is 0.186 e. The van der Waals surface area contributed by atoms with Crippen LogP contribution in [0.2, 0.25) is 0 Å². The summed E-state index contributed by atoms with van der Waals surface area (Å²) in [5.74, 6) is -0.592. The number of ether oxygens (including phenoxy) is 4. The molecular formula is C11H21NO5. The third-order valence-corrected chi connectivity index (χ3v) is 2.97. The molecule has 0 aromatic heterocycles. The van der Waals surface area contributed by atoms with Gasteiger partial charge in [-0.2, -0.15) is 0 Å². The molecule has 2 aliphatic rings. The van der Waals surface area contributed by atoms with Gasteiger partial charge in [-0.3, -0.25) is 0 Å². The molecule has 0 radical (unpaired) electrons. The molecule has 2 heterocycles. The van der Waals surface area contributed by atoms with Crippen LogP contribution in [0.15, 0.2) is 0 Å². The van der Waals surface area contributed by atoms with Crippen LogP contribution in [-0.4, -0.2) is 62.3 Å². The van der Waals surface area contributed by atoms with Crippen molar-refractivity contribution in [1.29, 1.82) is 0 Å². The second-order valence-electron chi connectivity index (χ2n) is 4.77. The molecular weight excluding hydrogens is 226 g/mol. The van der Waals surface area contributed by atoms with Crippen molar-refractivity contribution in [2.75, 3.05) is 26.8 Å². The molecule has 0 spiro atoms. The number of aliphatic hydroxyl groups is 1. The summed E-state index contributed by atoms with van der Waals surface area (Å²) in [6, 6.07) is 0. The molecule has 0 unspecified atom stereocenters. The average molecular weight is 247 g/mol. The number of fused-ring (bicyclic) bond motifs is 1. The highest BCUT2D eigenvalue weighted by molar-refractivity contribution is 4.95. The van der Waals surface area contributed by atoms with Crippen molar-refractivity contribution >= 4 is 0 Å². The van der Waals surface area contributed by atoms with Gasteiger partial charge in [-0.05, 0) is 13.8 Å². The fourth-order valence-electron chi connectivity index (χ4n) is 2.32. The Morgan fingerprint density at radius 2 is 2.00 bits per heavy atom. The third-order valence-electron chi connectivity index (χ3n) is 2.97. The standard InChI is InChI=1S/C11H21NO5/c1-11(2)16-8-7(6-12-4-5-13)15-10(14-3)9(8)17-11/h7-10,12-13H,4-6H2,1-3H3/t7-,8-,9-,10-/m1/s1. The fourth-order valence-corrected chi connectivity index (χ4v) is 2.32. The molecule has 100 valence electrons. The van der Waals surface area contributed by atoms with Crippen LogP contribution >= 0.6 is 0 Å². The molecule has 0 amide bonds. The molecule has 2 N–H and O–H groups in total. The minimum absolute atomic E-state index is 0.109. The number of rotatable bonds is 5. The van der Waals surface area contributed by atoms with Crippen molar-refractivity contribution in [3.05, 3.63) is 0 Å². The van der Waals surface area contributed by atoms with Crippen LogP contribution < -0.4 is 5.32 Å². The monoisotopic (exact) mass is 247 g/mol. The normalized spacial score (nSPS) is 39.5. The van der Waals surface area contributed by atoms with Crippen LogP contribution in [0, 0.1) is 0 Å². The molecule has 0 bridgehead atoms. The van der Waals surface area contributed by atoms with Gasteiger partial charge in [0.2, 0.25) is 0 Å². The Labute approximate surface area is 101 Å². The Morgan fingerprint density at radius 1 is 1.29 bits per heavy atom. The Balaban J connectivity index is 1.95. The lowest BCUT2D eigenvalue weighted by Crippen LogP contribution is -2.38. The Kier molecular flexibility index (Phi) is 4.02. The lowest BCUT2D eigenvalue weighted by atomic mass is 10.1. The van der Waals surface area contributed by atoms with E-state index in [0.717, 1.165) is 0 Å². The van der Waals surface area contributed by atoms with Crippen LogP contribution in [0.1, 0.15) is 13.8 Å². The van der Waals surface area contributed by atoms with Gasteiger partial charge in [0.25, 0.3) is 0 Å². The van der Waals surface area contributed by atoms with E-state index >= 15 is 0 Å². The first-order valence-electron chi connectivity index (χ1n) is 5.93. The molecule has 17 heavy (non-hydrogen) atoms. The Bertz CT molecular complexity index is 260. The van der Waals surface area contributed by atoms with Crippen molar-refractivity contribution in [2.45, 2.75) is 44.2 Å². The summed E-state index contributed by atoms with van der Waals surface area (Å²) in [6.45, 7) is 5.03. The molecule has 4 atom stereocenters. The van der Waals surface area contributed by atoms with Gasteiger partial charge >= 0.3 is 0 Å². The summed E-state index contributed by atoms with van der Waals surface area (Å²) in [7, 11) is 1.60. The molecule has 6 nitrogen and oxygen atoms in total. The fraction of sp³-hybridized carbons (Fsp3) is 1.00. The zero-order valence-electron chi connectivity index (χ0n) is 10.5. The summed E-state index contributed by atoms with van der Waals surface area (Å²) in [5, 5.41) is 11.8. The lowest BCUT2D eigenvalue weighted by Gasteiger charge is -2.23. The lowest BCUT2D eigenvalue weighted by molar-refractivity contribution is -0.226. The topological polar surface area (TPSA) is 69.2 Å². The summed E-state index contributed by atoms with van der Waals surface area (Å²) in [5.41, 5.74) is 0. The second kappa shape index (κ2) is 5.17. The third kappa shape index (κ3) is 2.78. The van der Waals surface area contributed by atoms with Gasteiger partial charge in [0.15, 0.2) is 12.1 Å². The van der Waals surface area contributed by atoms with E-state index < -0.39 is 5.79 Å². The van der Waals surface area contributed by atoms with Gasteiger partial charge in [-0.25, -0.2) is 0 Å². The molecule has 6 heteroatoms. The summed E-state index contributed by atoms with van der Waals surface area (Å²) >= 11 is 0. The minimum Gasteiger partial charge on any atom is -0.395 e. The van der Waals surface area contributed by atoms with E-state index in [9.17, 15) is 0 Å². The number of nitrogens with one attached hydrogen (secondary N) is 1. The highest BCUT2D eigenvalue weighted by Gasteiger charge is 2.55. The number of methoxy groups -OCH3 is 1. The molecule has 0 aliphatic carbocycles. The van der Waals surface area contributed by atoms with E-state index in [1.165, 1.54) is 0 Å². The van der Waals surface area contributed by atoms with E-state index in [1.807, 2.05) is 13.8 Å². The first kappa shape index (κ1) is 13.2. The van der Waals surface area contributed by atoms with Gasteiger partial charge in [0.1, 0.15) is 18.3 Å². The Hall–Kier alpha value is -0.240. The van der Waals surface area contributed by atoms with Crippen LogP contribution in [0.25, 0.3) is 0 Å². The molecule has 0 saturated carbocycles. The molecule has 0 aromatic carbocycles. The number of hydrogen-bond donors (Lipinski definition) is 2. The predicted octanol–water partition coefficient (Wildman–Crippen LogP) is -0.540. The van der Waals surface area contributed by atoms with Crippen LogP contribution in [0.3, 0.4) is 0 Å². The Morgan fingerprint density at radius 3 is 2.65 bits per heavy atom. The highest BCUT2D eigenvalue weighted by Crippen LogP contribution is 2.38. The van der Waals surface area contributed by atoms with Gasteiger partial charge in [-0.1, -0.05) is 0 Å². The zero-order valence-corrected chi connectivity index (χ0v) is 10.5. The van der Waals surface area contributed by atoms with Crippen molar-refractivity contribution in [3.8, 4) is 0 Å². The maximum absolute atomic E-state index is 8.72.